The minimum absolute atomic E-state index is 0.0162. The molecule has 0 saturated heterocycles. The van der Waals surface area contributed by atoms with Gasteiger partial charge in [-0.1, -0.05) is 62.4 Å². The maximum absolute atomic E-state index is 12.3. The Balaban J connectivity index is 1.30. The first kappa shape index (κ1) is 23.9. The van der Waals surface area contributed by atoms with Gasteiger partial charge in [0.15, 0.2) is 0 Å². The van der Waals surface area contributed by atoms with E-state index in [4.69, 9.17) is 4.74 Å². The molecule has 35 heavy (non-hydrogen) atoms. The molecule has 1 heterocycles. The van der Waals surface area contributed by atoms with E-state index in [0.29, 0.717) is 0 Å². The highest BCUT2D eigenvalue weighted by molar-refractivity contribution is 5.96. The number of amides is 2. The van der Waals surface area contributed by atoms with Crippen molar-refractivity contribution in [2.45, 2.75) is 32.4 Å². The monoisotopic (exact) mass is 474 g/mol. The van der Waals surface area contributed by atoms with Gasteiger partial charge in [0.1, 0.15) is 18.5 Å². The van der Waals surface area contributed by atoms with Gasteiger partial charge in [-0.2, -0.15) is 0 Å². The summed E-state index contributed by atoms with van der Waals surface area (Å²) < 4.78 is 5.49. The average molecular weight is 475 g/mol. The van der Waals surface area contributed by atoms with Gasteiger partial charge in [-0.25, -0.2) is 19.6 Å². The lowest BCUT2D eigenvalue weighted by atomic mass is 9.98. The van der Waals surface area contributed by atoms with Crippen LogP contribution in [0.1, 0.15) is 47.1 Å². The third-order valence-corrected chi connectivity index (χ3v) is 5.92. The Hall–Kier alpha value is -4.27. The van der Waals surface area contributed by atoms with Gasteiger partial charge in [0.2, 0.25) is 0 Å². The number of hydrogen-bond donors (Lipinski definition) is 3. The molecule has 1 aliphatic carbocycles. The number of hydrogen-bond acceptors (Lipinski definition) is 6. The fraction of sp³-hybridized carbons (Fsp3) is 0.269. The number of nitrogens with zero attached hydrogens (tertiary/aromatic N) is 2. The molecule has 0 aliphatic heterocycles. The Morgan fingerprint density at radius 1 is 0.971 bits per heavy atom. The summed E-state index contributed by atoms with van der Waals surface area (Å²) in [6.45, 7) is 3.62. The molecule has 3 aromatic rings. The van der Waals surface area contributed by atoms with Gasteiger partial charge in [-0.05, 0) is 28.2 Å². The van der Waals surface area contributed by atoms with Crippen LogP contribution in [-0.4, -0.2) is 45.7 Å². The summed E-state index contributed by atoms with van der Waals surface area (Å²) >= 11 is 0. The molecule has 9 heteroatoms. The molecule has 0 radical (unpaired) electrons. The van der Waals surface area contributed by atoms with Crippen LogP contribution < -0.4 is 10.6 Å². The van der Waals surface area contributed by atoms with Crippen LogP contribution in [0.5, 0.6) is 0 Å². The zero-order valence-corrected chi connectivity index (χ0v) is 19.4. The van der Waals surface area contributed by atoms with Crippen LogP contribution in [-0.2, 0) is 16.1 Å². The second-order valence-electron chi connectivity index (χ2n) is 8.60. The smallest absolute Gasteiger partial charge is 0.407 e. The predicted octanol–water partition coefficient (Wildman–Crippen LogP) is 3.35. The number of carbonyl (C=O) groups excluding carboxylic acids is 2. The maximum atomic E-state index is 12.3. The van der Waals surface area contributed by atoms with E-state index in [9.17, 15) is 19.5 Å². The van der Waals surface area contributed by atoms with Crippen molar-refractivity contribution in [3.8, 4) is 11.1 Å². The van der Waals surface area contributed by atoms with Crippen molar-refractivity contribution >= 4 is 18.0 Å². The lowest BCUT2D eigenvalue weighted by molar-refractivity contribution is -0.140. The molecule has 0 saturated carbocycles. The fourth-order valence-corrected chi connectivity index (χ4v) is 4.10. The van der Waals surface area contributed by atoms with Crippen molar-refractivity contribution in [3.05, 3.63) is 83.4 Å². The highest BCUT2D eigenvalue weighted by Crippen LogP contribution is 2.44. The van der Waals surface area contributed by atoms with E-state index in [-0.39, 0.29) is 36.4 Å². The summed E-state index contributed by atoms with van der Waals surface area (Å²) in [7, 11) is 0. The third kappa shape index (κ3) is 5.29. The van der Waals surface area contributed by atoms with E-state index in [1.54, 1.807) is 13.8 Å². The number of benzene rings is 2. The van der Waals surface area contributed by atoms with Crippen molar-refractivity contribution in [3.63, 3.8) is 0 Å². The molecule has 0 fully saturated rings. The van der Waals surface area contributed by atoms with E-state index >= 15 is 0 Å². The van der Waals surface area contributed by atoms with E-state index in [1.165, 1.54) is 12.4 Å². The standard InChI is InChI=1S/C26H26N4O5/c1-15(2)23(25(32)33)30-24(31)16-11-27-22(28-12-16)13-29-26(34)35-14-21-19-9-5-3-7-17(19)18-8-4-6-10-20(18)21/h3-12,15,21,23H,13-14H2,1-2H3,(H,29,34)(H,30,31)(H,32,33)/t23-/m1/s1. The number of rotatable bonds is 8. The number of aromatic nitrogens is 2. The zero-order chi connectivity index (χ0) is 24.9. The summed E-state index contributed by atoms with van der Waals surface area (Å²) in [4.78, 5) is 44.0. The molecule has 1 atom stereocenters. The minimum Gasteiger partial charge on any atom is -0.480 e. The predicted molar refractivity (Wildman–Crippen MR) is 128 cm³/mol. The Labute approximate surface area is 202 Å². The SMILES string of the molecule is CC(C)[C@@H](NC(=O)c1cnc(CNC(=O)OCC2c3ccccc3-c3ccccc32)nc1)C(=O)O. The molecule has 1 aliphatic rings. The highest BCUT2D eigenvalue weighted by atomic mass is 16.5. The lowest BCUT2D eigenvalue weighted by Gasteiger charge is -2.17. The molecule has 0 bridgehead atoms. The summed E-state index contributed by atoms with van der Waals surface area (Å²) in [5.74, 6) is -1.73. The Kier molecular flexibility index (Phi) is 7.05. The van der Waals surface area contributed by atoms with Crippen LogP contribution in [0.2, 0.25) is 0 Å². The van der Waals surface area contributed by atoms with Crippen LogP contribution in [0, 0.1) is 5.92 Å². The number of aliphatic carboxylic acids is 1. The molecular formula is C26H26N4O5. The summed E-state index contributed by atoms with van der Waals surface area (Å²) in [6, 6.07) is 15.2. The molecule has 2 amide bonds. The number of ether oxygens (including phenoxy) is 1. The third-order valence-electron chi connectivity index (χ3n) is 5.92. The van der Waals surface area contributed by atoms with E-state index in [0.717, 1.165) is 22.3 Å². The van der Waals surface area contributed by atoms with Crippen LogP contribution >= 0.6 is 0 Å². The number of carboxylic acid groups (broad SMARTS) is 1. The zero-order valence-electron chi connectivity index (χ0n) is 19.4. The number of fused-ring (bicyclic) bond motifs is 3. The Morgan fingerprint density at radius 3 is 2.09 bits per heavy atom. The van der Waals surface area contributed by atoms with Gasteiger partial charge in [-0.3, -0.25) is 4.79 Å². The number of carbonyl (C=O) groups is 3. The quantitative estimate of drug-likeness (QED) is 0.456. The fourth-order valence-electron chi connectivity index (χ4n) is 4.10. The normalized spacial score (nSPS) is 13.0. The molecule has 4 rings (SSSR count). The molecule has 180 valence electrons. The molecular weight excluding hydrogens is 448 g/mol. The number of carboxylic acids is 1. The highest BCUT2D eigenvalue weighted by Gasteiger charge is 2.29. The first-order valence-corrected chi connectivity index (χ1v) is 11.3. The average Bonchev–Trinajstić information content (AvgIpc) is 3.18. The van der Waals surface area contributed by atoms with Crippen LogP contribution in [0.15, 0.2) is 60.9 Å². The lowest BCUT2D eigenvalue weighted by Crippen LogP contribution is -2.44. The van der Waals surface area contributed by atoms with Gasteiger partial charge < -0.3 is 20.5 Å². The van der Waals surface area contributed by atoms with Gasteiger partial charge in [-0.15, -0.1) is 0 Å². The van der Waals surface area contributed by atoms with Crippen LogP contribution in [0.4, 0.5) is 4.79 Å². The number of nitrogens with one attached hydrogen (secondary N) is 2. The van der Waals surface area contributed by atoms with E-state index in [1.807, 2.05) is 36.4 Å². The molecule has 1 aromatic heterocycles. The van der Waals surface area contributed by atoms with Gasteiger partial charge in [0.05, 0.1) is 12.1 Å². The largest absolute Gasteiger partial charge is 0.480 e. The summed E-state index contributed by atoms with van der Waals surface area (Å²) in [6.07, 6.45) is 1.98. The summed E-state index contributed by atoms with van der Waals surface area (Å²) in [5, 5.41) is 14.3. The molecule has 9 nitrogen and oxygen atoms in total. The second-order valence-corrected chi connectivity index (χ2v) is 8.60. The van der Waals surface area contributed by atoms with Crippen molar-refractivity contribution in [2.75, 3.05) is 6.61 Å². The van der Waals surface area contributed by atoms with Crippen LogP contribution in [0.25, 0.3) is 11.1 Å². The van der Waals surface area contributed by atoms with Crippen molar-refractivity contribution in [2.24, 2.45) is 5.92 Å². The van der Waals surface area contributed by atoms with Gasteiger partial charge in [0, 0.05) is 18.3 Å². The molecule has 2 aromatic carbocycles. The molecule has 3 N–H and O–H groups in total. The minimum atomic E-state index is -1.11. The first-order chi connectivity index (χ1) is 16.8. The van der Waals surface area contributed by atoms with Crippen molar-refractivity contribution < 1.29 is 24.2 Å². The Morgan fingerprint density at radius 2 is 1.54 bits per heavy atom. The topological polar surface area (TPSA) is 131 Å². The van der Waals surface area contributed by atoms with E-state index < -0.39 is 24.0 Å². The molecule has 0 unspecified atom stereocenters. The first-order valence-electron chi connectivity index (χ1n) is 11.3. The Bertz CT molecular complexity index is 1200. The van der Waals surface area contributed by atoms with Gasteiger partial charge in [0.25, 0.3) is 5.91 Å². The summed E-state index contributed by atoms with van der Waals surface area (Å²) in [5.41, 5.74) is 4.68. The molecule has 0 spiro atoms. The number of alkyl carbamates (subject to hydrolysis) is 1. The van der Waals surface area contributed by atoms with E-state index in [2.05, 4.69) is 32.7 Å². The van der Waals surface area contributed by atoms with Gasteiger partial charge >= 0.3 is 12.1 Å². The van der Waals surface area contributed by atoms with Crippen LogP contribution in [0.3, 0.4) is 0 Å². The van der Waals surface area contributed by atoms with Crippen molar-refractivity contribution in [1.82, 2.24) is 20.6 Å². The second kappa shape index (κ2) is 10.3. The van der Waals surface area contributed by atoms with Crippen molar-refractivity contribution in [1.29, 1.82) is 0 Å². The maximum Gasteiger partial charge on any atom is 0.407 e.